The van der Waals surface area contributed by atoms with E-state index in [1.165, 1.54) is 6.92 Å². The Morgan fingerprint density at radius 3 is 2.39 bits per heavy atom. The molecule has 1 aliphatic rings. The summed E-state index contributed by atoms with van der Waals surface area (Å²) in [6, 6.07) is 19.2. The van der Waals surface area contributed by atoms with Crippen LogP contribution in [0.25, 0.3) is 22.5 Å². The van der Waals surface area contributed by atoms with Crippen molar-refractivity contribution < 1.29 is 14.4 Å². The lowest BCUT2D eigenvalue weighted by Crippen LogP contribution is -2.48. The Bertz CT molecular complexity index is 1600. The molecule has 0 aliphatic heterocycles. The second-order valence-electron chi connectivity index (χ2n) is 11.1. The Hall–Kier alpha value is -4.61. The second-order valence-corrected chi connectivity index (χ2v) is 11.5. The lowest BCUT2D eigenvalue weighted by atomic mass is 9.81. The molecule has 4 aromatic rings. The number of benzene rings is 3. The average molecular weight is 615 g/mol. The van der Waals surface area contributed by atoms with Crippen molar-refractivity contribution in [2.75, 3.05) is 17.2 Å². The molecule has 1 aliphatic carbocycles. The van der Waals surface area contributed by atoms with Crippen LogP contribution in [0.4, 0.5) is 11.4 Å². The van der Waals surface area contributed by atoms with E-state index in [2.05, 4.69) is 36.6 Å². The molecule has 12 heteroatoms. The van der Waals surface area contributed by atoms with Crippen LogP contribution in [0.5, 0.6) is 0 Å². The lowest BCUT2D eigenvalue weighted by molar-refractivity contribution is -0.130. The van der Waals surface area contributed by atoms with Gasteiger partial charge in [0.05, 0.1) is 0 Å². The largest absolute Gasteiger partial charge is 0.344 e. The van der Waals surface area contributed by atoms with Crippen molar-refractivity contribution >= 4 is 40.7 Å². The molecule has 228 valence electrons. The van der Waals surface area contributed by atoms with Crippen molar-refractivity contribution in [3.63, 3.8) is 0 Å². The summed E-state index contributed by atoms with van der Waals surface area (Å²) < 4.78 is 0. The van der Waals surface area contributed by atoms with E-state index in [1.54, 1.807) is 36.4 Å². The van der Waals surface area contributed by atoms with Gasteiger partial charge >= 0.3 is 0 Å². The first-order valence-electron chi connectivity index (χ1n) is 14.6. The number of aromatic amines is 1. The molecule has 1 heterocycles. The molecule has 1 aromatic heterocycles. The maximum Gasteiger partial charge on any atom is 0.247 e. The Kier molecular flexibility index (Phi) is 9.98. The van der Waals surface area contributed by atoms with E-state index in [9.17, 15) is 14.4 Å². The Labute approximate surface area is 260 Å². The number of hydrogen-bond donors (Lipinski definition) is 5. The van der Waals surface area contributed by atoms with E-state index in [-0.39, 0.29) is 30.1 Å². The van der Waals surface area contributed by atoms with Crippen LogP contribution in [0.1, 0.15) is 38.2 Å². The van der Waals surface area contributed by atoms with Crippen molar-refractivity contribution in [2.24, 2.45) is 17.6 Å². The molecule has 0 bridgehead atoms. The smallest absolute Gasteiger partial charge is 0.247 e. The van der Waals surface area contributed by atoms with E-state index >= 15 is 0 Å². The minimum Gasteiger partial charge on any atom is -0.344 e. The third-order valence-electron chi connectivity index (χ3n) is 7.92. The zero-order chi connectivity index (χ0) is 31.1. The molecular weight excluding hydrogens is 580 g/mol. The van der Waals surface area contributed by atoms with Gasteiger partial charge in [-0.3, -0.25) is 14.4 Å². The molecule has 5 rings (SSSR count). The standard InChI is InChI=1S/C32H35ClN8O3/c1-19(42)35-26-13-14-28(33)27(17-26)24-4-2-3-21(15-24)16-29(37-31(43)23-7-5-20(18-34)6-8-23)32(44)36-25-11-9-22(10-12-25)30-38-40-41-39-30/h2-4,9-15,17,20,23,29H,5-8,16,18,34H2,1H3,(H,35,42)(H,36,44)(H,37,43)(H,38,39,40,41)/t20-,23-,29-/m0/s1. The molecule has 44 heavy (non-hydrogen) atoms. The molecule has 0 saturated heterocycles. The van der Waals surface area contributed by atoms with Crippen molar-refractivity contribution in [3.05, 3.63) is 77.3 Å². The highest BCUT2D eigenvalue weighted by Crippen LogP contribution is 2.32. The molecule has 3 aromatic carbocycles. The van der Waals surface area contributed by atoms with Gasteiger partial charge in [-0.2, -0.15) is 0 Å². The maximum absolute atomic E-state index is 13.7. The summed E-state index contributed by atoms with van der Waals surface area (Å²) in [4.78, 5) is 38.6. The molecule has 1 atom stereocenters. The van der Waals surface area contributed by atoms with E-state index < -0.39 is 6.04 Å². The van der Waals surface area contributed by atoms with Crippen LogP contribution in [0.2, 0.25) is 5.02 Å². The molecule has 11 nitrogen and oxygen atoms in total. The maximum atomic E-state index is 13.7. The fourth-order valence-electron chi connectivity index (χ4n) is 5.51. The molecular formula is C32H35ClN8O3. The van der Waals surface area contributed by atoms with Crippen LogP contribution in [-0.4, -0.2) is 50.9 Å². The number of nitrogens with two attached hydrogens (primary N) is 1. The van der Waals surface area contributed by atoms with Gasteiger partial charge in [0.15, 0.2) is 5.82 Å². The molecule has 1 fully saturated rings. The second kappa shape index (κ2) is 14.2. The predicted molar refractivity (Wildman–Crippen MR) is 170 cm³/mol. The number of aromatic nitrogens is 4. The van der Waals surface area contributed by atoms with Crippen LogP contribution in [0, 0.1) is 11.8 Å². The van der Waals surface area contributed by atoms with Gasteiger partial charge < -0.3 is 21.7 Å². The highest BCUT2D eigenvalue weighted by molar-refractivity contribution is 6.33. The van der Waals surface area contributed by atoms with Crippen molar-refractivity contribution in [2.45, 2.75) is 45.1 Å². The molecule has 0 unspecified atom stereocenters. The summed E-state index contributed by atoms with van der Waals surface area (Å²) in [7, 11) is 0. The topological polar surface area (TPSA) is 168 Å². The summed E-state index contributed by atoms with van der Waals surface area (Å²) in [5, 5.41) is 23.1. The number of amides is 3. The molecule has 1 saturated carbocycles. The van der Waals surface area contributed by atoms with Crippen LogP contribution in [0.3, 0.4) is 0 Å². The lowest BCUT2D eigenvalue weighted by Gasteiger charge is -2.28. The molecule has 6 N–H and O–H groups in total. The number of nitrogens with one attached hydrogen (secondary N) is 4. The van der Waals surface area contributed by atoms with Crippen LogP contribution >= 0.6 is 11.6 Å². The first kappa shape index (κ1) is 30.8. The van der Waals surface area contributed by atoms with E-state index in [4.69, 9.17) is 17.3 Å². The normalized spacial score (nSPS) is 17.0. The fraction of sp³-hybridized carbons (Fsp3) is 0.312. The number of nitrogens with zero attached hydrogens (tertiary/aromatic N) is 3. The van der Waals surface area contributed by atoms with Gasteiger partial charge in [-0.15, -0.1) is 5.10 Å². The van der Waals surface area contributed by atoms with E-state index in [1.807, 2.05) is 30.3 Å². The summed E-state index contributed by atoms with van der Waals surface area (Å²) >= 11 is 6.53. The van der Waals surface area contributed by atoms with E-state index in [0.29, 0.717) is 34.7 Å². The monoisotopic (exact) mass is 614 g/mol. The number of tetrazole rings is 1. The highest BCUT2D eigenvalue weighted by Gasteiger charge is 2.29. The van der Waals surface area contributed by atoms with Gasteiger partial charge in [0.25, 0.3) is 0 Å². The van der Waals surface area contributed by atoms with E-state index in [0.717, 1.165) is 47.9 Å². The minimum atomic E-state index is -0.829. The van der Waals surface area contributed by atoms with Crippen LogP contribution in [-0.2, 0) is 20.8 Å². The van der Waals surface area contributed by atoms with Gasteiger partial charge in [-0.1, -0.05) is 35.9 Å². The number of halogens is 1. The Balaban J connectivity index is 1.36. The average Bonchev–Trinajstić information content (AvgIpc) is 3.57. The van der Waals surface area contributed by atoms with Gasteiger partial charge in [-0.25, -0.2) is 5.10 Å². The van der Waals surface area contributed by atoms with Crippen molar-refractivity contribution in [3.8, 4) is 22.5 Å². The number of carbonyl (C=O) groups excluding carboxylic acids is 3. The van der Waals surface area contributed by atoms with Gasteiger partial charge in [0.2, 0.25) is 17.7 Å². The van der Waals surface area contributed by atoms with Gasteiger partial charge in [-0.05, 0) is 102 Å². The van der Waals surface area contributed by atoms with Crippen molar-refractivity contribution in [1.29, 1.82) is 0 Å². The Morgan fingerprint density at radius 1 is 0.955 bits per heavy atom. The number of carbonyl (C=O) groups is 3. The third kappa shape index (κ3) is 7.86. The number of rotatable bonds is 10. The summed E-state index contributed by atoms with van der Waals surface area (Å²) in [5.74, 6) is 0.144. The Morgan fingerprint density at radius 2 is 1.70 bits per heavy atom. The summed E-state index contributed by atoms with van der Waals surface area (Å²) in [6.07, 6.45) is 3.56. The minimum absolute atomic E-state index is 0.129. The summed E-state index contributed by atoms with van der Waals surface area (Å²) in [5.41, 5.74) is 10.2. The number of hydrogen-bond acceptors (Lipinski definition) is 7. The first-order valence-corrected chi connectivity index (χ1v) is 15.0. The van der Waals surface area contributed by atoms with Crippen molar-refractivity contribution in [1.82, 2.24) is 25.9 Å². The molecule has 0 radical (unpaired) electrons. The van der Waals surface area contributed by atoms with Gasteiger partial charge in [0.1, 0.15) is 6.04 Å². The quantitative estimate of drug-likeness (QED) is 0.174. The fourth-order valence-corrected chi connectivity index (χ4v) is 5.74. The first-order chi connectivity index (χ1) is 21.3. The van der Waals surface area contributed by atoms with Gasteiger partial charge in [0, 0.05) is 46.8 Å². The highest BCUT2D eigenvalue weighted by atomic mass is 35.5. The van der Waals surface area contributed by atoms with Crippen LogP contribution < -0.4 is 21.7 Å². The molecule has 3 amide bonds. The number of H-pyrrole nitrogens is 1. The predicted octanol–water partition coefficient (Wildman–Crippen LogP) is 4.58. The number of anilines is 2. The zero-order valence-electron chi connectivity index (χ0n) is 24.3. The van der Waals surface area contributed by atoms with Crippen LogP contribution in [0.15, 0.2) is 66.7 Å². The third-order valence-corrected chi connectivity index (χ3v) is 8.25. The molecule has 0 spiro atoms. The SMILES string of the molecule is CC(=O)Nc1ccc(Cl)c(-c2cccc(C[C@H](NC(=O)[C@H]3CC[C@H](CN)CC3)C(=O)Nc3ccc(-c4nnn[nH]4)cc3)c2)c1. The summed E-state index contributed by atoms with van der Waals surface area (Å²) in [6.45, 7) is 2.07. The zero-order valence-corrected chi connectivity index (χ0v) is 25.1.